The molecule has 0 saturated carbocycles. The highest BCUT2D eigenvalue weighted by Crippen LogP contribution is 2.17. The Labute approximate surface area is 130 Å². The highest BCUT2D eigenvalue weighted by Gasteiger charge is 2.28. The Morgan fingerprint density at radius 1 is 1.36 bits per heavy atom. The quantitative estimate of drug-likeness (QED) is 0.870. The zero-order valence-corrected chi connectivity index (χ0v) is 12.9. The molecule has 0 aromatic carbocycles. The number of carbonyl (C=O) groups excluding carboxylic acids is 1. The summed E-state index contributed by atoms with van der Waals surface area (Å²) in [5.41, 5.74) is 1.05. The number of amides is 2. The molecule has 1 aromatic rings. The largest absolute Gasteiger partial charge is 0.465 e. The van der Waals surface area contributed by atoms with Gasteiger partial charge < -0.3 is 15.3 Å². The van der Waals surface area contributed by atoms with Crippen molar-refractivity contribution in [2.45, 2.75) is 38.6 Å². The van der Waals surface area contributed by atoms with Crippen molar-refractivity contribution in [3.63, 3.8) is 0 Å². The normalized spacial score (nSPS) is 17.0. The summed E-state index contributed by atoms with van der Waals surface area (Å²) in [6, 6.07) is 3.08. The molecule has 120 valence electrons. The Morgan fingerprint density at radius 3 is 2.59 bits per heavy atom. The fraction of sp³-hybridized carbons (Fsp3) is 0.562. The van der Waals surface area contributed by atoms with Gasteiger partial charge >= 0.3 is 6.09 Å². The monoisotopic (exact) mass is 305 g/mol. The van der Waals surface area contributed by atoms with E-state index < -0.39 is 12.1 Å². The van der Waals surface area contributed by atoms with Gasteiger partial charge in [0.05, 0.1) is 0 Å². The van der Waals surface area contributed by atoms with Crippen LogP contribution in [0.2, 0.25) is 0 Å². The van der Waals surface area contributed by atoms with Gasteiger partial charge in [-0.15, -0.1) is 0 Å². The van der Waals surface area contributed by atoms with Crippen LogP contribution in [0.4, 0.5) is 4.79 Å². The molecular formula is C16H23N3O3. The van der Waals surface area contributed by atoms with Crippen LogP contribution in [0.15, 0.2) is 24.5 Å². The van der Waals surface area contributed by atoms with E-state index in [1.165, 1.54) is 0 Å². The molecule has 2 heterocycles. The highest BCUT2D eigenvalue weighted by molar-refractivity contribution is 5.85. The van der Waals surface area contributed by atoms with E-state index in [9.17, 15) is 9.59 Å². The van der Waals surface area contributed by atoms with Gasteiger partial charge in [0.1, 0.15) is 6.04 Å². The molecule has 1 atom stereocenters. The maximum absolute atomic E-state index is 12.5. The van der Waals surface area contributed by atoms with Gasteiger partial charge in [0.25, 0.3) is 0 Å². The Kier molecular flexibility index (Phi) is 5.75. The van der Waals surface area contributed by atoms with Gasteiger partial charge in [-0.25, -0.2) is 4.79 Å². The van der Waals surface area contributed by atoms with Crippen LogP contribution < -0.4 is 5.32 Å². The van der Waals surface area contributed by atoms with E-state index in [4.69, 9.17) is 5.11 Å². The first-order valence-corrected chi connectivity index (χ1v) is 7.73. The summed E-state index contributed by atoms with van der Waals surface area (Å²) in [7, 11) is 0. The van der Waals surface area contributed by atoms with Crippen LogP contribution in [0.25, 0.3) is 0 Å². The number of likely N-dealkylation sites (tertiary alicyclic amines) is 1. The number of carboxylic acid groups (broad SMARTS) is 1. The van der Waals surface area contributed by atoms with Crippen LogP contribution in [0, 0.1) is 5.92 Å². The molecule has 0 spiro atoms. The Hall–Kier alpha value is -2.11. The number of piperidine rings is 1. The van der Waals surface area contributed by atoms with E-state index in [1.807, 2.05) is 12.1 Å². The number of rotatable bonds is 5. The molecular weight excluding hydrogens is 282 g/mol. The lowest BCUT2D eigenvalue weighted by Crippen LogP contribution is -2.50. The number of carbonyl (C=O) groups is 2. The summed E-state index contributed by atoms with van der Waals surface area (Å²) in [5.74, 6) is 0.523. The summed E-state index contributed by atoms with van der Waals surface area (Å²) in [6.07, 6.45) is 5.31. The molecule has 0 radical (unpaired) electrons. The molecule has 1 saturated heterocycles. The van der Waals surface area contributed by atoms with Crippen LogP contribution >= 0.6 is 0 Å². The van der Waals surface area contributed by atoms with Crippen molar-refractivity contribution < 1.29 is 14.7 Å². The topological polar surface area (TPSA) is 82.5 Å². The second-order valence-electron chi connectivity index (χ2n) is 5.90. The molecule has 1 fully saturated rings. The van der Waals surface area contributed by atoms with Crippen molar-refractivity contribution >= 4 is 12.0 Å². The van der Waals surface area contributed by atoms with Gasteiger partial charge in [0.2, 0.25) is 5.91 Å². The van der Waals surface area contributed by atoms with E-state index >= 15 is 0 Å². The number of nitrogens with one attached hydrogen (secondary N) is 1. The smallest absolute Gasteiger partial charge is 0.405 e. The number of nitrogens with zero attached hydrogens (tertiary/aromatic N) is 2. The van der Waals surface area contributed by atoms with Crippen LogP contribution in [-0.4, -0.2) is 46.1 Å². The van der Waals surface area contributed by atoms with E-state index in [-0.39, 0.29) is 5.91 Å². The third kappa shape index (κ3) is 4.72. The molecule has 2 N–H and O–H groups in total. The van der Waals surface area contributed by atoms with Gasteiger partial charge in [0.15, 0.2) is 0 Å². The Morgan fingerprint density at radius 2 is 2.00 bits per heavy atom. The zero-order valence-electron chi connectivity index (χ0n) is 12.9. The molecule has 6 nitrogen and oxygen atoms in total. The zero-order chi connectivity index (χ0) is 15.9. The number of hydrogen-bond donors (Lipinski definition) is 2. The maximum Gasteiger partial charge on any atom is 0.405 e. The Bertz CT molecular complexity index is 499. The number of pyridine rings is 1. The molecule has 6 heteroatoms. The molecule has 0 bridgehead atoms. The van der Waals surface area contributed by atoms with Gasteiger partial charge in [-0.1, -0.05) is 6.92 Å². The first kappa shape index (κ1) is 16.3. The average Bonchev–Trinajstić information content (AvgIpc) is 2.52. The van der Waals surface area contributed by atoms with Crippen molar-refractivity contribution in [2.24, 2.45) is 5.92 Å². The van der Waals surface area contributed by atoms with E-state index in [0.717, 1.165) is 18.4 Å². The van der Waals surface area contributed by atoms with E-state index in [1.54, 1.807) is 17.3 Å². The van der Waals surface area contributed by atoms with Crippen LogP contribution in [0.5, 0.6) is 0 Å². The molecule has 1 aliphatic heterocycles. The summed E-state index contributed by atoms with van der Waals surface area (Å²) in [6.45, 7) is 3.61. The minimum absolute atomic E-state index is 0.108. The second-order valence-corrected chi connectivity index (χ2v) is 5.90. The van der Waals surface area contributed by atoms with Crippen molar-refractivity contribution in [3.05, 3.63) is 30.1 Å². The third-order valence-electron chi connectivity index (χ3n) is 4.16. The van der Waals surface area contributed by atoms with Gasteiger partial charge in [-0.2, -0.15) is 0 Å². The summed E-state index contributed by atoms with van der Waals surface area (Å²) < 4.78 is 0. The lowest BCUT2D eigenvalue weighted by atomic mass is 9.98. The molecule has 22 heavy (non-hydrogen) atoms. The van der Waals surface area contributed by atoms with Gasteiger partial charge in [-0.05, 0) is 49.3 Å². The van der Waals surface area contributed by atoms with E-state index in [0.29, 0.717) is 31.8 Å². The Balaban J connectivity index is 1.95. The van der Waals surface area contributed by atoms with Crippen molar-refractivity contribution in [1.29, 1.82) is 0 Å². The first-order valence-electron chi connectivity index (χ1n) is 7.73. The van der Waals surface area contributed by atoms with Crippen LogP contribution in [0.1, 0.15) is 31.7 Å². The fourth-order valence-corrected chi connectivity index (χ4v) is 2.72. The maximum atomic E-state index is 12.5. The van der Waals surface area contributed by atoms with Gasteiger partial charge in [-0.3, -0.25) is 9.78 Å². The molecule has 0 aliphatic carbocycles. The molecule has 2 amide bonds. The van der Waals surface area contributed by atoms with Crippen molar-refractivity contribution in [1.82, 2.24) is 15.2 Å². The predicted octanol–water partition coefficient (Wildman–Crippen LogP) is 1.91. The fourth-order valence-electron chi connectivity index (χ4n) is 2.72. The molecule has 2 rings (SSSR count). The molecule has 1 aliphatic rings. The van der Waals surface area contributed by atoms with Crippen LogP contribution in [-0.2, 0) is 11.2 Å². The van der Waals surface area contributed by atoms with Crippen molar-refractivity contribution in [2.75, 3.05) is 13.1 Å². The molecule has 1 unspecified atom stereocenters. The average molecular weight is 305 g/mol. The van der Waals surface area contributed by atoms with Crippen molar-refractivity contribution in [3.8, 4) is 0 Å². The second kappa shape index (κ2) is 7.77. The molecule has 1 aromatic heterocycles. The van der Waals surface area contributed by atoms with Crippen LogP contribution in [0.3, 0.4) is 0 Å². The standard InChI is InChI=1S/C16H23N3O3/c1-12-6-10-19(11-7-12)15(20)14(18-16(21)22)3-2-13-4-8-17-9-5-13/h4-5,8-9,12,14,18H,2-3,6-7,10-11H2,1H3,(H,21,22). The SMILES string of the molecule is CC1CCN(C(=O)C(CCc2ccncc2)NC(=O)O)CC1. The van der Waals surface area contributed by atoms with Gasteiger partial charge in [0, 0.05) is 25.5 Å². The minimum atomic E-state index is -1.15. The first-order chi connectivity index (χ1) is 10.6. The summed E-state index contributed by atoms with van der Waals surface area (Å²) in [4.78, 5) is 29.3. The number of aryl methyl sites for hydroxylation is 1. The van der Waals surface area contributed by atoms with E-state index in [2.05, 4.69) is 17.2 Å². The minimum Gasteiger partial charge on any atom is -0.465 e. The predicted molar refractivity (Wildman–Crippen MR) is 82.5 cm³/mol. The summed E-state index contributed by atoms with van der Waals surface area (Å²) >= 11 is 0. The summed E-state index contributed by atoms with van der Waals surface area (Å²) in [5, 5.41) is 11.3. The lowest BCUT2D eigenvalue weighted by Gasteiger charge is -2.33. The third-order valence-corrected chi connectivity index (χ3v) is 4.16. The number of hydrogen-bond acceptors (Lipinski definition) is 3. The lowest BCUT2D eigenvalue weighted by molar-refractivity contribution is -0.134. The highest BCUT2D eigenvalue weighted by atomic mass is 16.4. The number of aromatic nitrogens is 1.